The zero-order valence-electron chi connectivity index (χ0n) is 16.6. The maximum Gasteiger partial charge on any atom is 0.319 e. The van der Waals surface area contributed by atoms with Crippen LogP contribution >= 0.6 is 27.7 Å². The first kappa shape index (κ1) is 23.9. The number of ether oxygens (including phenoxy) is 1. The lowest BCUT2D eigenvalue weighted by atomic mass is 10.2. The average molecular weight is 497 g/mol. The van der Waals surface area contributed by atoms with Gasteiger partial charge in [-0.25, -0.2) is 4.39 Å². The number of nitrogens with one attached hydrogen (secondary N) is 1. The molecule has 0 aliphatic rings. The van der Waals surface area contributed by atoms with Gasteiger partial charge < -0.3 is 15.0 Å². The highest BCUT2D eigenvalue weighted by Crippen LogP contribution is 2.18. The zero-order chi connectivity index (χ0) is 22.1. The molecule has 9 heteroatoms. The fourth-order valence-electron chi connectivity index (χ4n) is 2.33. The quantitative estimate of drug-likeness (QED) is 0.533. The minimum atomic E-state index is -0.620. The number of thioether (sulfide) groups is 1. The van der Waals surface area contributed by atoms with Gasteiger partial charge in [0.15, 0.2) is 6.61 Å². The Kier molecular flexibility index (Phi) is 9.32. The summed E-state index contributed by atoms with van der Waals surface area (Å²) in [6.45, 7) is 1.62. The molecule has 0 spiro atoms. The number of benzene rings is 2. The van der Waals surface area contributed by atoms with Crippen molar-refractivity contribution in [3.8, 4) is 0 Å². The Bertz CT molecular complexity index is 895. The van der Waals surface area contributed by atoms with E-state index in [9.17, 15) is 18.8 Å². The highest BCUT2D eigenvalue weighted by atomic mass is 79.9. The average Bonchev–Trinajstić information content (AvgIpc) is 2.73. The van der Waals surface area contributed by atoms with Crippen molar-refractivity contribution in [2.75, 3.05) is 24.7 Å². The fraction of sp³-hybridized carbons (Fsp3) is 0.286. The SMILES string of the molecule is CC(SCC(=O)Nc1ccc(F)cc1)C(=O)OCC(=O)N(C)Cc1ccccc1Br. The van der Waals surface area contributed by atoms with Crippen molar-refractivity contribution in [2.24, 2.45) is 0 Å². The van der Waals surface area contributed by atoms with Crippen LogP contribution in [0.1, 0.15) is 12.5 Å². The molecule has 1 N–H and O–H groups in total. The third-order valence-electron chi connectivity index (χ3n) is 4.05. The molecular weight excluding hydrogens is 475 g/mol. The fourth-order valence-corrected chi connectivity index (χ4v) is 3.42. The van der Waals surface area contributed by atoms with Crippen LogP contribution in [-0.2, 0) is 25.7 Å². The molecule has 0 heterocycles. The predicted molar refractivity (Wildman–Crippen MR) is 119 cm³/mol. The standard InChI is InChI=1S/C21H22BrFN2O4S/c1-14(30-13-19(26)24-17-9-7-16(23)8-10-17)21(28)29-12-20(27)25(2)11-15-5-3-4-6-18(15)22/h3-10,14H,11-13H2,1-2H3,(H,24,26). The third-order valence-corrected chi connectivity index (χ3v) is 5.95. The van der Waals surface area contributed by atoms with E-state index in [1.807, 2.05) is 24.3 Å². The monoisotopic (exact) mass is 496 g/mol. The van der Waals surface area contributed by atoms with Crippen LogP contribution in [0.2, 0.25) is 0 Å². The topological polar surface area (TPSA) is 75.7 Å². The molecule has 0 aliphatic carbocycles. The number of carbonyl (C=O) groups is 3. The molecule has 0 aliphatic heterocycles. The third kappa shape index (κ3) is 7.79. The van der Waals surface area contributed by atoms with Crippen LogP contribution in [0.15, 0.2) is 53.0 Å². The summed E-state index contributed by atoms with van der Waals surface area (Å²) in [6.07, 6.45) is 0. The van der Waals surface area contributed by atoms with Crippen molar-refractivity contribution < 1.29 is 23.5 Å². The first-order chi connectivity index (χ1) is 14.3. The van der Waals surface area contributed by atoms with Gasteiger partial charge in [0, 0.05) is 23.8 Å². The molecule has 1 atom stereocenters. The summed E-state index contributed by atoms with van der Waals surface area (Å²) in [5.74, 6) is -1.60. The van der Waals surface area contributed by atoms with Crippen LogP contribution in [0.5, 0.6) is 0 Å². The van der Waals surface area contributed by atoms with E-state index in [1.54, 1.807) is 14.0 Å². The van der Waals surface area contributed by atoms with Gasteiger partial charge >= 0.3 is 5.97 Å². The largest absolute Gasteiger partial charge is 0.455 e. The second-order valence-corrected chi connectivity index (χ2v) is 8.64. The Labute approximate surface area is 187 Å². The van der Waals surface area contributed by atoms with Gasteiger partial charge in [-0.1, -0.05) is 34.1 Å². The summed E-state index contributed by atoms with van der Waals surface area (Å²) in [7, 11) is 1.63. The summed E-state index contributed by atoms with van der Waals surface area (Å²) in [5, 5.41) is 1.99. The summed E-state index contributed by atoms with van der Waals surface area (Å²) >= 11 is 4.52. The summed E-state index contributed by atoms with van der Waals surface area (Å²) in [4.78, 5) is 37.7. The molecule has 0 saturated heterocycles. The van der Waals surface area contributed by atoms with E-state index in [4.69, 9.17) is 4.74 Å². The molecule has 6 nitrogen and oxygen atoms in total. The van der Waals surface area contributed by atoms with E-state index in [-0.39, 0.29) is 24.2 Å². The van der Waals surface area contributed by atoms with E-state index in [0.717, 1.165) is 21.8 Å². The van der Waals surface area contributed by atoms with E-state index in [0.29, 0.717) is 12.2 Å². The van der Waals surface area contributed by atoms with Crippen LogP contribution < -0.4 is 5.32 Å². The zero-order valence-corrected chi connectivity index (χ0v) is 19.0. The van der Waals surface area contributed by atoms with Crippen molar-refractivity contribution in [2.45, 2.75) is 18.7 Å². The van der Waals surface area contributed by atoms with Gasteiger partial charge in [-0.3, -0.25) is 14.4 Å². The van der Waals surface area contributed by atoms with E-state index in [2.05, 4.69) is 21.2 Å². The second-order valence-electron chi connectivity index (χ2n) is 6.46. The Balaban J connectivity index is 1.71. The molecule has 2 aromatic rings. The number of rotatable bonds is 9. The number of anilines is 1. The summed E-state index contributed by atoms with van der Waals surface area (Å²) < 4.78 is 18.9. The van der Waals surface area contributed by atoms with Gasteiger partial charge in [0.25, 0.3) is 5.91 Å². The maximum absolute atomic E-state index is 12.9. The molecule has 0 bridgehead atoms. The number of carbonyl (C=O) groups excluding carboxylic acids is 3. The Morgan fingerprint density at radius 2 is 1.83 bits per heavy atom. The lowest BCUT2D eigenvalue weighted by Gasteiger charge is -2.18. The van der Waals surface area contributed by atoms with E-state index >= 15 is 0 Å². The number of likely N-dealkylation sites (N-methyl/N-ethyl adjacent to an activating group) is 1. The number of nitrogens with zero attached hydrogens (tertiary/aromatic N) is 1. The van der Waals surface area contributed by atoms with Crippen molar-refractivity contribution in [3.05, 3.63) is 64.4 Å². The minimum absolute atomic E-state index is 0.0174. The van der Waals surface area contributed by atoms with Gasteiger partial charge in [0.05, 0.1) is 5.75 Å². The number of amides is 2. The molecule has 2 rings (SSSR count). The van der Waals surface area contributed by atoms with Gasteiger partial charge in [0.1, 0.15) is 11.1 Å². The molecule has 0 aromatic heterocycles. The molecule has 30 heavy (non-hydrogen) atoms. The number of halogens is 2. The molecule has 1 unspecified atom stereocenters. The van der Waals surface area contributed by atoms with E-state index in [1.165, 1.54) is 29.2 Å². The number of hydrogen-bond donors (Lipinski definition) is 1. The maximum atomic E-state index is 12.9. The van der Waals surface area contributed by atoms with Gasteiger partial charge in [-0.2, -0.15) is 0 Å². The van der Waals surface area contributed by atoms with Crippen LogP contribution in [0, 0.1) is 5.82 Å². The first-order valence-electron chi connectivity index (χ1n) is 9.07. The molecule has 0 fully saturated rings. The van der Waals surface area contributed by atoms with Crippen molar-refractivity contribution >= 4 is 51.2 Å². The van der Waals surface area contributed by atoms with Crippen LogP contribution in [0.4, 0.5) is 10.1 Å². The summed E-state index contributed by atoms with van der Waals surface area (Å²) in [5.41, 5.74) is 1.41. The van der Waals surface area contributed by atoms with Gasteiger partial charge in [-0.05, 0) is 42.8 Å². The van der Waals surface area contributed by atoms with Crippen LogP contribution in [-0.4, -0.2) is 47.3 Å². The first-order valence-corrected chi connectivity index (χ1v) is 10.9. The van der Waals surface area contributed by atoms with Crippen molar-refractivity contribution in [1.29, 1.82) is 0 Å². The predicted octanol–water partition coefficient (Wildman–Crippen LogP) is 3.85. The van der Waals surface area contributed by atoms with Crippen molar-refractivity contribution in [1.82, 2.24) is 4.90 Å². The van der Waals surface area contributed by atoms with Gasteiger partial charge in [0.2, 0.25) is 5.91 Å². The second kappa shape index (κ2) is 11.7. The van der Waals surface area contributed by atoms with Gasteiger partial charge in [-0.15, -0.1) is 11.8 Å². The molecule has 160 valence electrons. The number of esters is 1. The highest BCUT2D eigenvalue weighted by molar-refractivity contribution is 9.10. The lowest BCUT2D eigenvalue weighted by molar-refractivity contribution is -0.151. The minimum Gasteiger partial charge on any atom is -0.455 e. The normalized spacial score (nSPS) is 11.5. The Morgan fingerprint density at radius 3 is 2.50 bits per heavy atom. The van der Waals surface area contributed by atoms with E-state index < -0.39 is 17.0 Å². The number of hydrogen-bond acceptors (Lipinski definition) is 5. The van der Waals surface area contributed by atoms with Crippen LogP contribution in [0.3, 0.4) is 0 Å². The van der Waals surface area contributed by atoms with Crippen LogP contribution in [0.25, 0.3) is 0 Å². The Morgan fingerprint density at radius 1 is 1.17 bits per heavy atom. The highest BCUT2D eigenvalue weighted by Gasteiger charge is 2.19. The molecule has 2 amide bonds. The molecular formula is C21H22BrFN2O4S. The summed E-state index contributed by atoms with van der Waals surface area (Å²) in [6, 6.07) is 12.9. The molecule has 0 saturated carbocycles. The Hall–Kier alpha value is -2.39. The van der Waals surface area contributed by atoms with Crippen molar-refractivity contribution in [3.63, 3.8) is 0 Å². The smallest absolute Gasteiger partial charge is 0.319 e. The lowest BCUT2D eigenvalue weighted by Crippen LogP contribution is -2.32. The molecule has 2 aromatic carbocycles. The molecule has 0 radical (unpaired) electrons.